The number of nitroso groups, excluding NO2 is 1. The maximum atomic E-state index is 13.2. The van der Waals surface area contributed by atoms with Crippen molar-refractivity contribution in [2.45, 2.75) is 12.8 Å². The molecule has 0 atom stereocenters. The van der Waals surface area contributed by atoms with Crippen molar-refractivity contribution in [3.05, 3.63) is 63.8 Å². The molecule has 3 rings (SSSR count). The summed E-state index contributed by atoms with van der Waals surface area (Å²) < 4.78 is 13.2. The molecule has 1 aliphatic heterocycles. The van der Waals surface area contributed by atoms with Crippen LogP contribution < -0.4 is 10.5 Å². The molecule has 8 heteroatoms. The normalized spacial score (nSPS) is 14.7. The fourth-order valence-electron chi connectivity index (χ4n) is 3.03. The Balaban J connectivity index is 1.55. The van der Waals surface area contributed by atoms with E-state index in [0.29, 0.717) is 42.9 Å². The first-order chi connectivity index (χ1) is 13.0. The number of anilines is 1. The minimum atomic E-state index is -0.541. The highest BCUT2D eigenvalue weighted by Gasteiger charge is 2.28. The predicted octanol–water partition coefficient (Wildman–Crippen LogP) is 2.45. The zero-order chi connectivity index (χ0) is 19.4. The number of nitrogens with zero attached hydrogens (tertiary/aromatic N) is 1. The Morgan fingerprint density at radius 3 is 2.37 bits per heavy atom. The van der Waals surface area contributed by atoms with E-state index in [4.69, 9.17) is 11.6 Å². The van der Waals surface area contributed by atoms with E-state index in [1.165, 1.54) is 18.2 Å². The summed E-state index contributed by atoms with van der Waals surface area (Å²) in [4.78, 5) is 37.2. The number of carbonyl (C=O) groups excluding carboxylic acids is 2. The topological polar surface area (TPSA) is 80.5 Å². The maximum Gasteiger partial charge on any atom is 0.253 e. The standard InChI is InChI=1S/C19H17ClFN3O3/c20-16-11-15(5-6-17(16)21)22-18(25)12-7-9-24(10-8-12)19(26)13-1-3-14(23-27)4-2-13/h1-6,11-12H,7-10H2,(H,22,25)/p+1. The zero-order valence-electron chi connectivity index (χ0n) is 14.4. The number of rotatable bonds is 4. The van der Waals surface area contributed by atoms with Crippen molar-refractivity contribution in [2.24, 2.45) is 5.92 Å². The molecule has 2 N–H and O–H groups in total. The molecule has 1 fully saturated rings. The average Bonchev–Trinajstić information content (AvgIpc) is 2.70. The van der Waals surface area contributed by atoms with E-state index < -0.39 is 5.82 Å². The smallest absolute Gasteiger partial charge is 0.253 e. The summed E-state index contributed by atoms with van der Waals surface area (Å²) in [5.74, 6) is -1.07. The Hall–Kier alpha value is -2.80. The van der Waals surface area contributed by atoms with Crippen molar-refractivity contribution in [3.63, 3.8) is 0 Å². The molecular weight excluding hydrogens is 373 g/mol. The molecule has 0 radical (unpaired) electrons. The van der Waals surface area contributed by atoms with Gasteiger partial charge in [0.15, 0.2) is 0 Å². The van der Waals surface area contributed by atoms with Crippen LogP contribution in [0, 0.1) is 16.6 Å². The molecule has 1 heterocycles. The van der Waals surface area contributed by atoms with Gasteiger partial charge in [-0.05, 0) is 43.2 Å². The second kappa shape index (κ2) is 8.26. The first kappa shape index (κ1) is 19.0. The van der Waals surface area contributed by atoms with Crippen LogP contribution >= 0.6 is 11.6 Å². The number of nitrogens with one attached hydrogen (secondary N) is 2. The number of hydrogen-bond donors (Lipinski definition) is 2. The lowest BCUT2D eigenvalue weighted by Gasteiger charge is -2.31. The highest BCUT2D eigenvalue weighted by Crippen LogP contribution is 2.23. The Morgan fingerprint density at radius 2 is 1.78 bits per heavy atom. The van der Waals surface area contributed by atoms with Crippen LogP contribution in [-0.4, -0.2) is 29.8 Å². The molecule has 0 bridgehead atoms. The number of hydrogen-bond acceptors (Lipinski definition) is 3. The van der Waals surface area contributed by atoms with E-state index in [-0.39, 0.29) is 22.8 Å². The van der Waals surface area contributed by atoms with Gasteiger partial charge in [0.1, 0.15) is 5.82 Å². The van der Waals surface area contributed by atoms with Crippen molar-refractivity contribution in [3.8, 4) is 0 Å². The lowest BCUT2D eigenvalue weighted by molar-refractivity contribution is -0.379. The van der Waals surface area contributed by atoms with Crippen molar-refractivity contribution < 1.29 is 19.2 Å². The molecule has 0 unspecified atom stereocenters. The lowest BCUT2D eigenvalue weighted by Crippen LogP contribution is -2.55. The van der Waals surface area contributed by atoms with Gasteiger partial charge in [0.05, 0.1) is 5.02 Å². The maximum absolute atomic E-state index is 13.2. The van der Waals surface area contributed by atoms with Gasteiger partial charge in [0, 0.05) is 52.5 Å². The zero-order valence-corrected chi connectivity index (χ0v) is 15.1. The van der Waals surface area contributed by atoms with Gasteiger partial charge in [-0.25, -0.2) is 4.39 Å². The Bertz CT molecular complexity index is 865. The summed E-state index contributed by atoms with van der Waals surface area (Å²) in [5, 5.41) is 4.46. The van der Waals surface area contributed by atoms with Crippen LogP contribution in [0.5, 0.6) is 0 Å². The SMILES string of the molecule is O=[NH+]c1ccc(C(=O)N2CCC(C(=O)Nc3ccc(F)c(Cl)c3)CC2)cc1. The van der Waals surface area contributed by atoms with Crippen LogP contribution in [0.4, 0.5) is 15.8 Å². The van der Waals surface area contributed by atoms with Crippen LogP contribution in [0.2, 0.25) is 5.02 Å². The van der Waals surface area contributed by atoms with Gasteiger partial charge < -0.3 is 10.2 Å². The lowest BCUT2D eigenvalue weighted by atomic mass is 9.95. The summed E-state index contributed by atoms with van der Waals surface area (Å²) in [7, 11) is 0. The van der Waals surface area contributed by atoms with Gasteiger partial charge >= 0.3 is 0 Å². The van der Waals surface area contributed by atoms with Gasteiger partial charge in [-0.1, -0.05) is 11.6 Å². The molecule has 6 nitrogen and oxygen atoms in total. The minimum Gasteiger partial charge on any atom is -0.339 e. The van der Waals surface area contributed by atoms with E-state index in [9.17, 15) is 18.9 Å². The average molecular weight is 391 g/mol. The van der Waals surface area contributed by atoms with Crippen LogP contribution in [-0.2, 0) is 4.79 Å². The highest BCUT2D eigenvalue weighted by molar-refractivity contribution is 6.31. The van der Waals surface area contributed by atoms with Gasteiger partial charge in [0.2, 0.25) is 5.91 Å². The molecule has 0 saturated carbocycles. The summed E-state index contributed by atoms with van der Waals surface area (Å²) >= 11 is 5.72. The second-order valence-corrected chi connectivity index (χ2v) is 6.77. The number of amides is 2. The fourth-order valence-corrected chi connectivity index (χ4v) is 3.21. The van der Waals surface area contributed by atoms with E-state index in [0.717, 1.165) is 0 Å². The summed E-state index contributed by atoms with van der Waals surface area (Å²) in [5.41, 5.74) is 1.33. The first-order valence-electron chi connectivity index (χ1n) is 8.51. The fraction of sp³-hybridized carbons (Fsp3) is 0.263. The highest BCUT2D eigenvalue weighted by atomic mass is 35.5. The number of piperidine rings is 1. The van der Waals surface area contributed by atoms with Crippen LogP contribution in [0.1, 0.15) is 23.2 Å². The Kier molecular flexibility index (Phi) is 5.81. The monoisotopic (exact) mass is 390 g/mol. The van der Waals surface area contributed by atoms with Gasteiger partial charge in [-0.2, -0.15) is 0 Å². The van der Waals surface area contributed by atoms with Crippen LogP contribution in [0.25, 0.3) is 0 Å². The third-order valence-electron chi connectivity index (χ3n) is 4.59. The molecule has 0 spiro atoms. The van der Waals surface area contributed by atoms with E-state index in [1.807, 2.05) is 0 Å². The molecule has 2 aromatic carbocycles. The summed E-state index contributed by atoms with van der Waals surface area (Å²) in [6.45, 7) is 0.922. The quantitative estimate of drug-likeness (QED) is 0.841. The largest absolute Gasteiger partial charge is 0.339 e. The molecule has 27 heavy (non-hydrogen) atoms. The van der Waals surface area contributed by atoms with Crippen molar-refractivity contribution in [1.82, 2.24) is 4.90 Å². The Morgan fingerprint density at radius 1 is 1.11 bits per heavy atom. The van der Waals surface area contributed by atoms with Crippen LogP contribution in [0.3, 0.4) is 0 Å². The van der Waals surface area contributed by atoms with Gasteiger partial charge in [-0.15, -0.1) is 0 Å². The van der Waals surface area contributed by atoms with Crippen LogP contribution in [0.15, 0.2) is 42.5 Å². The third-order valence-corrected chi connectivity index (χ3v) is 4.88. The number of likely N-dealkylation sites (tertiary alicyclic amines) is 1. The molecule has 140 valence electrons. The van der Waals surface area contributed by atoms with E-state index in [2.05, 4.69) is 5.32 Å². The first-order valence-corrected chi connectivity index (χ1v) is 8.89. The number of carbonyl (C=O) groups is 2. The summed E-state index contributed by atoms with van der Waals surface area (Å²) in [6.07, 6.45) is 1.07. The molecule has 1 aliphatic rings. The Labute approximate surface area is 160 Å². The van der Waals surface area contributed by atoms with E-state index in [1.54, 1.807) is 34.3 Å². The summed E-state index contributed by atoms with van der Waals surface area (Å²) in [6, 6.07) is 10.3. The molecular formula is C19H18ClFN3O3+. The molecule has 2 amide bonds. The number of halogens is 2. The van der Waals surface area contributed by atoms with Crippen molar-refractivity contribution in [2.75, 3.05) is 18.4 Å². The number of benzene rings is 2. The second-order valence-electron chi connectivity index (χ2n) is 6.36. The third kappa shape index (κ3) is 4.49. The minimum absolute atomic E-state index is 0.0496. The molecule has 2 aromatic rings. The molecule has 1 saturated heterocycles. The molecule has 0 aromatic heterocycles. The van der Waals surface area contributed by atoms with E-state index >= 15 is 0 Å². The van der Waals surface area contributed by atoms with Crippen molar-refractivity contribution >= 4 is 34.8 Å². The van der Waals surface area contributed by atoms with Gasteiger partial charge in [0.25, 0.3) is 11.6 Å². The molecule has 0 aliphatic carbocycles. The predicted molar refractivity (Wildman–Crippen MR) is 99.1 cm³/mol. The van der Waals surface area contributed by atoms with Crippen molar-refractivity contribution in [1.29, 1.82) is 0 Å². The van der Waals surface area contributed by atoms with Gasteiger partial charge in [-0.3, -0.25) is 9.59 Å².